The maximum absolute atomic E-state index is 12.4. The van der Waals surface area contributed by atoms with Gasteiger partial charge in [0.05, 0.1) is 5.25 Å². The van der Waals surface area contributed by atoms with E-state index in [9.17, 15) is 8.42 Å². The molecule has 2 saturated heterocycles. The molecule has 2 aliphatic rings. The van der Waals surface area contributed by atoms with E-state index in [0.29, 0.717) is 12.5 Å². The van der Waals surface area contributed by atoms with Crippen molar-refractivity contribution in [2.24, 2.45) is 5.92 Å². The van der Waals surface area contributed by atoms with Gasteiger partial charge in [0.2, 0.25) is 10.0 Å². The lowest BCUT2D eigenvalue weighted by Gasteiger charge is -2.34. The zero-order chi connectivity index (χ0) is 11.6. The van der Waals surface area contributed by atoms with Crippen molar-refractivity contribution in [1.29, 1.82) is 0 Å². The Morgan fingerprint density at radius 1 is 1.25 bits per heavy atom. The summed E-state index contributed by atoms with van der Waals surface area (Å²) in [5.41, 5.74) is 0. The van der Waals surface area contributed by atoms with E-state index >= 15 is 0 Å². The second-order valence-corrected chi connectivity index (χ2v) is 7.33. The minimum atomic E-state index is -3.05. The van der Waals surface area contributed by atoms with Crippen molar-refractivity contribution in [3.63, 3.8) is 0 Å². The molecule has 0 bridgehead atoms. The highest BCUT2D eigenvalue weighted by Gasteiger charge is 2.34. The third kappa shape index (κ3) is 2.57. The fourth-order valence-corrected chi connectivity index (χ4v) is 4.72. The largest absolute Gasteiger partial charge is 0.315 e. The van der Waals surface area contributed by atoms with Gasteiger partial charge in [0.25, 0.3) is 0 Å². The molecule has 2 atom stereocenters. The molecule has 94 valence electrons. The molecule has 2 rings (SSSR count). The predicted octanol–water partition coefficient (Wildman–Crippen LogP) is 0.800. The van der Waals surface area contributed by atoms with Gasteiger partial charge in [-0.3, -0.25) is 0 Å². The van der Waals surface area contributed by atoms with Crippen LogP contribution in [0.4, 0.5) is 0 Å². The van der Waals surface area contributed by atoms with Crippen LogP contribution < -0.4 is 5.32 Å². The van der Waals surface area contributed by atoms with Gasteiger partial charge in [-0.15, -0.1) is 0 Å². The molecule has 0 aromatic heterocycles. The Morgan fingerprint density at radius 3 is 2.69 bits per heavy atom. The molecule has 0 amide bonds. The summed E-state index contributed by atoms with van der Waals surface area (Å²) in [6.45, 7) is 5.18. The number of rotatable bonds is 2. The summed E-state index contributed by atoms with van der Waals surface area (Å²) >= 11 is 0. The van der Waals surface area contributed by atoms with Gasteiger partial charge in [0.15, 0.2) is 0 Å². The predicted molar refractivity (Wildman–Crippen MR) is 64.8 cm³/mol. The Morgan fingerprint density at radius 2 is 2.06 bits per heavy atom. The Hall–Kier alpha value is -0.130. The summed E-state index contributed by atoms with van der Waals surface area (Å²) in [7, 11) is -3.05. The van der Waals surface area contributed by atoms with Crippen molar-refractivity contribution < 1.29 is 8.42 Å². The maximum Gasteiger partial charge on any atom is 0.218 e. The Kier molecular flexibility index (Phi) is 3.87. The van der Waals surface area contributed by atoms with Crippen LogP contribution >= 0.6 is 0 Å². The van der Waals surface area contributed by atoms with Crippen LogP contribution in [0.15, 0.2) is 0 Å². The summed E-state index contributed by atoms with van der Waals surface area (Å²) in [5.74, 6) is 0.514. The second kappa shape index (κ2) is 5.02. The monoisotopic (exact) mass is 246 g/mol. The summed E-state index contributed by atoms with van der Waals surface area (Å²) in [4.78, 5) is 0. The fraction of sp³-hybridized carbons (Fsp3) is 1.00. The molecule has 0 aromatic rings. The van der Waals surface area contributed by atoms with E-state index in [1.165, 1.54) is 0 Å². The summed E-state index contributed by atoms with van der Waals surface area (Å²) in [5, 5.41) is 3.00. The zero-order valence-electron chi connectivity index (χ0n) is 9.98. The van der Waals surface area contributed by atoms with Gasteiger partial charge in [-0.25, -0.2) is 12.7 Å². The average Bonchev–Trinajstić information content (AvgIpc) is 2.30. The zero-order valence-corrected chi connectivity index (χ0v) is 10.8. The number of piperidine rings is 2. The molecular weight excluding hydrogens is 224 g/mol. The first-order chi connectivity index (χ1) is 7.60. The van der Waals surface area contributed by atoms with E-state index < -0.39 is 10.0 Å². The van der Waals surface area contributed by atoms with Crippen molar-refractivity contribution >= 4 is 10.0 Å². The lowest BCUT2D eigenvalue weighted by atomic mass is 10.0. The van der Waals surface area contributed by atoms with E-state index in [2.05, 4.69) is 12.2 Å². The first-order valence-corrected chi connectivity index (χ1v) is 7.80. The van der Waals surface area contributed by atoms with Gasteiger partial charge in [-0.1, -0.05) is 6.92 Å². The minimum Gasteiger partial charge on any atom is -0.315 e. The van der Waals surface area contributed by atoms with Crippen molar-refractivity contribution in [3.05, 3.63) is 0 Å². The Labute approximate surface area is 98.4 Å². The van der Waals surface area contributed by atoms with Crippen LogP contribution in [-0.4, -0.2) is 44.2 Å². The molecular formula is C11H22N2O2S. The molecule has 0 saturated carbocycles. The van der Waals surface area contributed by atoms with E-state index in [1.807, 2.05) is 0 Å². The lowest BCUT2D eigenvalue weighted by Crippen LogP contribution is -2.49. The van der Waals surface area contributed by atoms with Gasteiger partial charge >= 0.3 is 0 Å². The Bertz CT molecular complexity index is 323. The van der Waals surface area contributed by atoms with Crippen LogP contribution in [0.5, 0.6) is 0 Å². The smallest absolute Gasteiger partial charge is 0.218 e. The van der Waals surface area contributed by atoms with E-state index in [0.717, 1.165) is 45.3 Å². The molecule has 0 radical (unpaired) electrons. The molecule has 0 aliphatic carbocycles. The first-order valence-electron chi connectivity index (χ1n) is 6.30. The molecule has 2 heterocycles. The van der Waals surface area contributed by atoms with Gasteiger partial charge in [-0.2, -0.15) is 0 Å². The van der Waals surface area contributed by atoms with Crippen LogP contribution in [0.1, 0.15) is 32.6 Å². The second-order valence-electron chi connectivity index (χ2n) is 5.12. The van der Waals surface area contributed by atoms with Gasteiger partial charge in [0.1, 0.15) is 0 Å². The topological polar surface area (TPSA) is 49.4 Å². The summed E-state index contributed by atoms with van der Waals surface area (Å²) in [6.07, 6.45) is 3.98. The van der Waals surface area contributed by atoms with Crippen molar-refractivity contribution in [3.8, 4) is 0 Å². The van der Waals surface area contributed by atoms with Crippen LogP contribution in [0, 0.1) is 5.92 Å². The quantitative estimate of drug-likeness (QED) is 0.784. The highest BCUT2D eigenvalue weighted by molar-refractivity contribution is 7.89. The molecule has 16 heavy (non-hydrogen) atoms. The van der Waals surface area contributed by atoms with E-state index in [-0.39, 0.29) is 5.25 Å². The first kappa shape index (κ1) is 12.3. The molecule has 2 fully saturated rings. The number of hydrogen-bond acceptors (Lipinski definition) is 3. The molecule has 2 unspecified atom stereocenters. The van der Waals surface area contributed by atoms with E-state index in [4.69, 9.17) is 0 Å². The normalized spacial score (nSPS) is 33.8. The molecule has 0 spiro atoms. The number of hydrogen-bond donors (Lipinski definition) is 1. The maximum atomic E-state index is 12.4. The number of sulfonamides is 1. The van der Waals surface area contributed by atoms with Crippen molar-refractivity contribution in [2.75, 3.05) is 26.2 Å². The van der Waals surface area contributed by atoms with Crippen molar-refractivity contribution in [2.45, 2.75) is 37.9 Å². The molecule has 0 aromatic carbocycles. The third-order valence-corrected chi connectivity index (χ3v) is 5.95. The van der Waals surface area contributed by atoms with Crippen LogP contribution in [0.2, 0.25) is 0 Å². The highest BCUT2D eigenvalue weighted by atomic mass is 32.2. The van der Waals surface area contributed by atoms with Gasteiger partial charge in [0, 0.05) is 19.6 Å². The van der Waals surface area contributed by atoms with Gasteiger partial charge < -0.3 is 5.32 Å². The molecule has 4 nitrogen and oxygen atoms in total. The number of nitrogens with zero attached hydrogens (tertiary/aromatic N) is 1. The fourth-order valence-electron chi connectivity index (χ4n) is 2.66. The SMILES string of the molecule is CC1CCCN(S(=O)(=O)C2CCCNC2)C1. The summed E-state index contributed by atoms with van der Waals surface area (Å²) < 4.78 is 26.5. The average molecular weight is 246 g/mol. The summed E-state index contributed by atoms with van der Waals surface area (Å²) in [6, 6.07) is 0. The lowest BCUT2D eigenvalue weighted by molar-refractivity contribution is 0.276. The molecule has 2 aliphatic heterocycles. The van der Waals surface area contributed by atoms with Crippen LogP contribution in [0.3, 0.4) is 0 Å². The van der Waals surface area contributed by atoms with Gasteiger partial charge in [-0.05, 0) is 38.1 Å². The third-order valence-electron chi connectivity index (χ3n) is 3.65. The number of nitrogens with one attached hydrogen (secondary N) is 1. The molecule has 1 N–H and O–H groups in total. The Balaban J connectivity index is 2.05. The molecule has 5 heteroatoms. The van der Waals surface area contributed by atoms with E-state index in [1.54, 1.807) is 4.31 Å². The van der Waals surface area contributed by atoms with Crippen LogP contribution in [-0.2, 0) is 10.0 Å². The standard InChI is InChI=1S/C11H22N2O2S/c1-10-4-3-7-13(9-10)16(14,15)11-5-2-6-12-8-11/h10-12H,2-9H2,1H3. The highest BCUT2D eigenvalue weighted by Crippen LogP contribution is 2.23. The van der Waals surface area contributed by atoms with Crippen LogP contribution in [0.25, 0.3) is 0 Å². The van der Waals surface area contributed by atoms with Crippen molar-refractivity contribution in [1.82, 2.24) is 9.62 Å². The minimum absolute atomic E-state index is 0.188.